The lowest BCUT2D eigenvalue weighted by Gasteiger charge is -2.29. The van der Waals surface area contributed by atoms with Gasteiger partial charge in [0, 0.05) is 47.2 Å². The number of alkyl carbamates (subject to hydrolysis) is 2. The van der Waals surface area contributed by atoms with Gasteiger partial charge in [0.25, 0.3) is 5.91 Å². The summed E-state index contributed by atoms with van der Waals surface area (Å²) in [4.78, 5) is 43.9. The molecule has 9 nitrogen and oxygen atoms in total. The van der Waals surface area contributed by atoms with Gasteiger partial charge in [-0.1, -0.05) is 35.9 Å². The number of para-hydroxylation sites is 1. The number of nitrogens with zero attached hydrogens (tertiary/aromatic N) is 1. The van der Waals surface area contributed by atoms with E-state index < -0.39 is 29.4 Å². The van der Waals surface area contributed by atoms with Crippen molar-refractivity contribution in [2.75, 3.05) is 13.1 Å². The van der Waals surface area contributed by atoms with Crippen molar-refractivity contribution in [1.82, 2.24) is 20.5 Å². The number of aromatic amines is 1. The second-order valence-electron chi connectivity index (χ2n) is 12.3. The fourth-order valence-electron chi connectivity index (χ4n) is 4.90. The van der Waals surface area contributed by atoms with E-state index in [0.717, 1.165) is 27.6 Å². The fourth-order valence-corrected chi connectivity index (χ4v) is 5.10. The topological polar surface area (TPSA) is 113 Å². The molecule has 0 aliphatic carbocycles. The van der Waals surface area contributed by atoms with E-state index in [2.05, 4.69) is 15.6 Å². The first kappa shape index (κ1) is 30.2. The first-order valence-electron chi connectivity index (χ1n) is 13.9. The van der Waals surface area contributed by atoms with Crippen LogP contribution in [-0.4, -0.2) is 58.3 Å². The summed E-state index contributed by atoms with van der Waals surface area (Å²) >= 11 is 6.39. The summed E-state index contributed by atoms with van der Waals surface area (Å²) in [6.45, 7) is 11.7. The van der Waals surface area contributed by atoms with Gasteiger partial charge >= 0.3 is 12.2 Å². The van der Waals surface area contributed by atoms with Gasteiger partial charge in [0.2, 0.25) is 0 Å². The molecular weight excluding hydrogens is 544 g/mol. The molecule has 10 heteroatoms. The molecule has 2 heterocycles. The van der Waals surface area contributed by atoms with E-state index in [1.54, 1.807) is 46.4 Å². The lowest BCUT2D eigenvalue weighted by Crippen LogP contribution is -2.47. The van der Waals surface area contributed by atoms with E-state index >= 15 is 0 Å². The molecule has 1 aromatic heterocycles. The Kier molecular flexibility index (Phi) is 8.87. The van der Waals surface area contributed by atoms with Gasteiger partial charge in [-0.25, -0.2) is 9.59 Å². The molecule has 220 valence electrons. The maximum Gasteiger partial charge on any atom is 0.407 e. The van der Waals surface area contributed by atoms with Crippen molar-refractivity contribution in [3.8, 4) is 11.1 Å². The minimum Gasteiger partial charge on any atom is -0.444 e. The zero-order valence-corrected chi connectivity index (χ0v) is 25.3. The van der Waals surface area contributed by atoms with Gasteiger partial charge in [-0.05, 0) is 83.7 Å². The summed E-state index contributed by atoms with van der Waals surface area (Å²) in [6, 6.07) is 13.0. The summed E-state index contributed by atoms with van der Waals surface area (Å²) in [7, 11) is 0. The molecule has 0 radical (unpaired) electrons. The predicted molar refractivity (Wildman–Crippen MR) is 160 cm³/mol. The van der Waals surface area contributed by atoms with Gasteiger partial charge in [-0.3, -0.25) is 4.79 Å². The van der Waals surface area contributed by atoms with Crippen molar-refractivity contribution < 1.29 is 23.9 Å². The largest absolute Gasteiger partial charge is 0.444 e. The molecule has 1 aliphatic rings. The van der Waals surface area contributed by atoms with Crippen LogP contribution in [0, 0.1) is 0 Å². The van der Waals surface area contributed by atoms with Gasteiger partial charge in [-0.2, -0.15) is 0 Å². The number of aromatic nitrogens is 1. The molecule has 0 spiro atoms. The smallest absolute Gasteiger partial charge is 0.407 e. The Balaban J connectivity index is 1.58. The molecule has 2 aromatic carbocycles. The molecule has 0 saturated heterocycles. The highest BCUT2D eigenvalue weighted by Crippen LogP contribution is 2.39. The third kappa shape index (κ3) is 7.94. The number of carbonyl (C=O) groups is 3. The van der Waals surface area contributed by atoms with Crippen LogP contribution >= 0.6 is 11.6 Å². The Labute approximate surface area is 245 Å². The predicted octanol–water partition coefficient (Wildman–Crippen LogP) is 6.64. The van der Waals surface area contributed by atoms with Crippen LogP contribution in [0.25, 0.3) is 22.0 Å². The van der Waals surface area contributed by atoms with Crippen molar-refractivity contribution in [1.29, 1.82) is 0 Å². The van der Waals surface area contributed by atoms with E-state index in [0.29, 0.717) is 36.6 Å². The van der Waals surface area contributed by atoms with Gasteiger partial charge in [0.05, 0.1) is 0 Å². The number of benzene rings is 2. The number of nitrogens with one attached hydrogen (secondary N) is 3. The molecule has 0 bridgehead atoms. The van der Waals surface area contributed by atoms with Crippen LogP contribution in [0.5, 0.6) is 0 Å². The summed E-state index contributed by atoms with van der Waals surface area (Å²) in [5.74, 6) is -0.175. The van der Waals surface area contributed by atoms with E-state index in [1.807, 2.05) is 42.5 Å². The number of fused-ring (bicyclic) bond motifs is 5. The highest BCUT2D eigenvalue weighted by Gasteiger charge is 2.31. The molecular formula is C31H39ClN4O5. The van der Waals surface area contributed by atoms with Gasteiger partial charge < -0.3 is 30.0 Å². The first-order chi connectivity index (χ1) is 19.2. The molecule has 0 unspecified atom stereocenters. The van der Waals surface area contributed by atoms with Crippen molar-refractivity contribution >= 4 is 40.6 Å². The van der Waals surface area contributed by atoms with Crippen molar-refractivity contribution in [2.45, 2.75) is 78.2 Å². The Morgan fingerprint density at radius 1 is 1.02 bits per heavy atom. The van der Waals surface area contributed by atoms with Gasteiger partial charge in [-0.15, -0.1) is 0 Å². The Morgan fingerprint density at radius 2 is 1.71 bits per heavy atom. The monoisotopic (exact) mass is 582 g/mol. The standard InChI is InChI=1S/C31H39ClN4O5/c1-30(2,3)40-28(38)33-15-9-10-21(34-29(39)41-31(4,5)6)18-36-17-19-16-20(32)13-14-22(19)25-23-11-7-8-12-24(23)35-26(25)27(36)37/h7-8,11-14,16,21,35H,9-10,15,17-18H2,1-6H3,(H,33,38)(H,34,39)/t21-/m0/s1. The molecule has 0 saturated carbocycles. The highest BCUT2D eigenvalue weighted by atomic mass is 35.5. The second-order valence-corrected chi connectivity index (χ2v) is 12.8. The molecule has 41 heavy (non-hydrogen) atoms. The third-order valence-electron chi connectivity index (χ3n) is 6.46. The minimum atomic E-state index is -0.680. The quantitative estimate of drug-likeness (QED) is 0.270. The number of carbonyl (C=O) groups excluding carboxylic acids is 3. The van der Waals surface area contributed by atoms with Crippen LogP contribution in [0.1, 0.15) is 70.4 Å². The fraction of sp³-hybridized carbons (Fsp3) is 0.452. The van der Waals surface area contributed by atoms with Crippen molar-refractivity contribution in [3.63, 3.8) is 0 Å². The number of amides is 3. The van der Waals surface area contributed by atoms with Crippen LogP contribution in [0.3, 0.4) is 0 Å². The zero-order valence-electron chi connectivity index (χ0n) is 24.5. The lowest BCUT2D eigenvalue weighted by molar-refractivity contribution is 0.0465. The minimum absolute atomic E-state index is 0.175. The van der Waals surface area contributed by atoms with E-state index in [4.69, 9.17) is 21.1 Å². The van der Waals surface area contributed by atoms with Crippen LogP contribution in [0.2, 0.25) is 5.02 Å². The SMILES string of the molecule is CC(C)(C)OC(=O)NCCC[C@@H](CN1Cc2cc(Cl)ccc2-c2c([nH]c3ccccc23)C1=O)NC(=O)OC(C)(C)C. The number of hydrogen-bond donors (Lipinski definition) is 3. The van der Waals surface area contributed by atoms with Crippen molar-refractivity contribution in [2.24, 2.45) is 0 Å². The van der Waals surface area contributed by atoms with Gasteiger partial charge in [0.15, 0.2) is 0 Å². The first-order valence-corrected chi connectivity index (χ1v) is 14.2. The third-order valence-corrected chi connectivity index (χ3v) is 6.70. The van der Waals surface area contributed by atoms with Crippen LogP contribution in [0.4, 0.5) is 9.59 Å². The van der Waals surface area contributed by atoms with E-state index in [9.17, 15) is 14.4 Å². The Hall–Kier alpha value is -3.72. The lowest BCUT2D eigenvalue weighted by atomic mass is 9.98. The van der Waals surface area contributed by atoms with Crippen LogP contribution < -0.4 is 10.6 Å². The van der Waals surface area contributed by atoms with E-state index in [1.165, 1.54) is 0 Å². The molecule has 0 fully saturated rings. The van der Waals surface area contributed by atoms with Crippen molar-refractivity contribution in [3.05, 3.63) is 58.7 Å². The van der Waals surface area contributed by atoms with Gasteiger partial charge in [0.1, 0.15) is 16.9 Å². The molecule has 1 atom stereocenters. The molecule has 4 rings (SSSR count). The average Bonchev–Trinajstić information content (AvgIpc) is 3.18. The molecule has 3 aromatic rings. The summed E-state index contributed by atoms with van der Waals surface area (Å²) in [5, 5.41) is 7.23. The molecule has 1 aliphatic heterocycles. The molecule has 3 amide bonds. The van der Waals surface area contributed by atoms with E-state index in [-0.39, 0.29) is 12.5 Å². The number of hydrogen-bond acceptors (Lipinski definition) is 5. The number of ether oxygens (including phenoxy) is 2. The number of rotatable bonds is 7. The maximum absolute atomic E-state index is 14.0. The summed E-state index contributed by atoms with van der Waals surface area (Å²) in [6.07, 6.45) is -0.0425. The van der Waals surface area contributed by atoms with Crippen LogP contribution in [-0.2, 0) is 16.0 Å². The highest BCUT2D eigenvalue weighted by molar-refractivity contribution is 6.30. The van der Waals surface area contributed by atoms with Crippen LogP contribution in [0.15, 0.2) is 42.5 Å². The number of halogens is 1. The summed E-state index contributed by atoms with van der Waals surface area (Å²) in [5.41, 5.74) is 2.78. The summed E-state index contributed by atoms with van der Waals surface area (Å²) < 4.78 is 10.8. The molecule has 3 N–H and O–H groups in total. The second kappa shape index (κ2) is 12.0. The number of H-pyrrole nitrogens is 1. The Bertz CT molecular complexity index is 1440. The Morgan fingerprint density at radius 3 is 2.41 bits per heavy atom. The zero-order chi connectivity index (χ0) is 29.9. The maximum atomic E-state index is 14.0. The normalized spacial score (nSPS) is 14.1. The average molecular weight is 583 g/mol.